The number of rotatable bonds is 1. The van der Waals surface area contributed by atoms with Crippen molar-refractivity contribution in [3.05, 3.63) is 18.0 Å². The summed E-state index contributed by atoms with van der Waals surface area (Å²) in [4.78, 5) is 11.3. The van der Waals surface area contributed by atoms with E-state index in [1.165, 1.54) is 5.56 Å². The van der Waals surface area contributed by atoms with Gasteiger partial charge in [-0.3, -0.25) is 9.48 Å². The fraction of sp³-hybridized carbons (Fsp3) is 0.600. The fourth-order valence-electron chi connectivity index (χ4n) is 1.92. The molecule has 0 amide bonds. The number of aryl methyl sites for hydroxylation is 1. The predicted octanol–water partition coefficient (Wildman–Crippen LogP) is 1.50. The van der Waals surface area contributed by atoms with Gasteiger partial charge in [0, 0.05) is 31.0 Å². The van der Waals surface area contributed by atoms with Crippen LogP contribution in [0.2, 0.25) is 0 Å². The molecular weight excluding hydrogens is 164 g/mol. The first-order valence-electron chi connectivity index (χ1n) is 4.53. The number of carbonyl (C=O) groups excluding carboxylic acids is 1. The minimum atomic E-state index is -0.178. The van der Waals surface area contributed by atoms with Gasteiger partial charge in [-0.05, 0) is 5.56 Å². The van der Waals surface area contributed by atoms with E-state index in [4.69, 9.17) is 0 Å². The van der Waals surface area contributed by atoms with E-state index in [1.54, 1.807) is 4.68 Å². The molecule has 1 atom stereocenters. The zero-order valence-corrected chi connectivity index (χ0v) is 8.24. The van der Waals surface area contributed by atoms with Gasteiger partial charge < -0.3 is 0 Å². The maximum absolute atomic E-state index is 11.3. The number of hydrogen-bond acceptors (Lipinski definition) is 2. The lowest BCUT2D eigenvalue weighted by molar-refractivity contribution is -0.137. The summed E-state index contributed by atoms with van der Waals surface area (Å²) in [7, 11) is 1.90. The summed E-state index contributed by atoms with van der Waals surface area (Å²) in [6, 6.07) is 0. The Morgan fingerprint density at radius 3 is 2.69 bits per heavy atom. The van der Waals surface area contributed by atoms with Crippen LogP contribution in [0.4, 0.5) is 0 Å². The Morgan fingerprint density at radius 2 is 2.31 bits per heavy atom. The van der Waals surface area contributed by atoms with E-state index < -0.39 is 0 Å². The van der Waals surface area contributed by atoms with Crippen molar-refractivity contribution in [2.75, 3.05) is 0 Å². The van der Waals surface area contributed by atoms with E-state index in [-0.39, 0.29) is 5.41 Å². The molecule has 1 fully saturated rings. The Hall–Kier alpha value is -1.12. The summed E-state index contributed by atoms with van der Waals surface area (Å²) in [6.07, 6.45) is 4.54. The number of carbonyl (C=O) groups is 1. The van der Waals surface area contributed by atoms with E-state index in [2.05, 4.69) is 5.10 Å². The normalized spacial score (nSPS) is 25.8. The van der Waals surface area contributed by atoms with Crippen molar-refractivity contribution in [3.63, 3.8) is 0 Å². The highest BCUT2D eigenvalue weighted by atomic mass is 16.1. The molecule has 0 saturated heterocycles. The van der Waals surface area contributed by atoms with Gasteiger partial charge in [-0.15, -0.1) is 0 Å². The lowest BCUT2D eigenvalue weighted by Gasteiger charge is -2.42. The molecule has 0 aliphatic heterocycles. The Morgan fingerprint density at radius 1 is 1.62 bits per heavy atom. The van der Waals surface area contributed by atoms with Crippen molar-refractivity contribution in [2.24, 2.45) is 12.5 Å². The van der Waals surface area contributed by atoms with Crippen LogP contribution in [0.15, 0.2) is 12.4 Å². The molecule has 0 radical (unpaired) electrons. The van der Waals surface area contributed by atoms with Crippen molar-refractivity contribution in [3.8, 4) is 0 Å². The lowest BCUT2D eigenvalue weighted by Crippen LogP contribution is -2.43. The Balaban J connectivity index is 2.26. The van der Waals surface area contributed by atoms with Crippen molar-refractivity contribution in [1.29, 1.82) is 0 Å². The van der Waals surface area contributed by atoms with Crippen molar-refractivity contribution in [2.45, 2.75) is 26.2 Å². The molecule has 1 aliphatic carbocycles. The van der Waals surface area contributed by atoms with Gasteiger partial charge in [0.25, 0.3) is 0 Å². The van der Waals surface area contributed by atoms with Crippen LogP contribution in [-0.4, -0.2) is 15.6 Å². The minimum absolute atomic E-state index is 0.178. The summed E-state index contributed by atoms with van der Waals surface area (Å²) in [5.74, 6) is 0.732. The highest BCUT2D eigenvalue weighted by molar-refractivity contribution is 5.92. The van der Waals surface area contributed by atoms with Gasteiger partial charge >= 0.3 is 0 Å². The van der Waals surface area contributed by atoms with Crippen LogP contribution in [0.25, 0.3) is 0 Å². The monoisotopic (exact) mass is 178 g/mol. The summed E-state index contributed by atoms with van der Waals surface area (Å²) >= 11 is 0. The second kappa shape index (κ2) is 2.44. The molecule has 1 aromatic heterocycles. The molecule has 1 aromatic rings. The van der Waals surface area contributed by atoms with Gasteiger partial charge in [0.15, 0.2) is 0 Å². The first-order chi connectivity index (χ1) is 6.01. The van der Waals surface area contributed by atoms with E-state index in [0.717, 1.165) is 0 Å². The molecule has 1 unspecified atom stereocenters. The second-order valence-electron chi connectivity index (χ2n) is 4.35. The molecule has 1 saturated carbocycles. The van der Waals surface area contributed by atoms with E-state index in [1.807, 2.05) is 33.3 Å². The smallest absolute Gasteiger partial charge is 0.139 e. The summed E-state index contributed by atoms with van der Waals surface area (Å²) in [6.45, 7) is 4.02. The third-order valence-electron chi connectivity index (χ3n) is 3.11. The first kappa shape index (κ1) is 8.48. The van der Waals surface area contributed by atoms with Crippen LogP contribution in [0, 0.1) is 5.41 Å². The predicted molar refractivity (Wildman–Crippen MR) is 49.4 cm³/mol. The molecule has 3 nitrogen and oxygen atoms in total. The number of ketones is 1. The van der Waals surface area contributed by atoms with Crippen molar-refractivity contribution in [1.82, 2.24) is 9.78 Å². The molecule has 3 heteroatoms. The molecule has 13 heavy (non-hydrogen) atoms. The fourth-order valence-corrected chi connectivity index (χ4v) is 1.92. The first-order valence-corrected chi connectivity index (χ1v) is 4.53. The average molecular weight is 178 g/mol. The van der Waals surface area contributed by atoms with Gasteiger partial charge in [0.2, 0.25) is 0 Å². The van der Waals surface area contributed by atoms with Gasteiger partial charge in [-0.1, -0.05) is 13.8 Å². The van der Waals surface area contributed by atoms with Crippen molar-refractivity contribution >= 4 is 5.78 Å². The van der Waals surface area contributed by atoms with E-state index in [0.29, 0.717) is 18.1 Å². The number of nitrogens with zero attached hydrogens (tertiary/aromatic N) is 2. The largest absolute Gasteiger partial charge is 0.299 e. The number of aromatic nitrogens is 2. The standard InChI is InChI=1S/C10H14N2O/c1-10(2)8(4-9(10)13)7-5-11-12(3)6-7/h5-6,8H,4H2,1-3H3. The number of Topliss-reactive ketones (excluding diaryl/α,β-unsaturated/α-hetero) is 1. The highest BCUT2D eigenvalue weighted by Gasteiger charge is 2.48. The highest BCUT2D eigenvalue weighted by Crippen LogP contribution is 2.49. The molecule has 0 spiro atoms. The van der Waals surface area contributed by atoms with Crippen molar-refractivity contribution < 1.29 is 4.79 Å². The maximum atomic E-state index is 11.3. The van der Waals surface area contributed by atoms with Gasteiger partial charge in [-0.2, -0.15) is 5.10 Å². The van der Waals surface area contributed by atoms with Crippen LogP contribution in [0.5, 0.6) is 0 Å². The zero-order valence-electron chi connectivity index (χ0n) is 8.24. The van der Waals surface area contributed by atoms with E-state index >= 15 is 0 Å². The Kier molecular flexibility index (Phi) is 1.59. The van der Waals surface area contributed by atoms with Gasteiger partial charge in [-0.25, -0.2) is 0 Å². The molecule has 0 N–H and O–H groups in total. The van der Waals surface area contributed by atoms with Gasteiger partial charge in [0.05, 0.1) is 6.20 Å². The third-order valence-corrected chi connectivity index (χ3v) is 3.11. The zero-order chi connectivity index (χ0) is 9.64. The molecule has 1 heterocycles. The van der Waals surface area contributed by atoms with Gasteiger partial charge in [0.1, 0.15) is 5.78 Å². The summed E-state index contributed by atoms with van der Waals surface area (Å²) in [5.41, 5.74) is 1.01. The van der Waals surface area contributed by atoms with Crippen LogP contribution < -0.4 is 0 Å². The Labute approximate surface area is 77.7 Å². The molecular formula is C10H14N2O. The third kappa shape index (κ3) is 1.10. The summed E-state index contributed by atoms with van der Waals surface area (Å²) < 4.78 is 1.79. The molecule has 70 valence electrons. The topological polar surface area (TPSA) is 34.9 Å². The number of hydrogen-bond donors (Lipinski definition) is 0. The molecule has 0 bridgehead atoms. The van der Waals surface area contributed by atoms with E-state index in [9.17, 15) is 4.79 Å². The van der Waals surface area contributed by atoms with Crippen LogP contribution in [0.1, 0.15) is 31.7 Å². The second-order valence-corrected chi connectivity index (χ2v) is 4.35. The van der Waals surface area contributed by atoms with Crippen LogP contribution in [0.3, 0.4) is 0 Å². The minimum Gasteiger partial charge on any atom is -0.299 e. The average Bonchev–Trinajstić information content (AvgIpc) is 2.47. The lowest BCUT2D eigenvalue weighted by atomic mass is 9.59. The quantitative estimate of drug-likeness (QED) is 0.653. The molecule has 0 aromatic carbocycles. The Bertz CT molecular complexity index is 352. The van der Waals surface area contributed by atoms with Crippen LogP contribution >= 0.6 is 0 Å². The SMILES string of the molecule is Cn1cc(C2CC(=O)C2(C)C)cn1. The maximum Gasteiger partial charge on any atom is 0.139 e. The molecule has 2 rings (SSSR count). The molecule has 1 aliphatic rings. The van der Waals surface area contributed by atoms with Crippen LogP contribution in [-0.2, 0) is 11.8 Å². The summed E-state index contributed by atoms with van der Waals surface area (Å²) in [5, 5.41) is 4.12.